The van der Waals surface area contributed by atoms with Crippen LogP contribution in [0.1, 0.15) is 16.7 Å². The number of ether oxygens (including phenoxy) is 1. The zero-order valence-corrected chi connectivity index (χ0v) is 17.9. The van der Waals surface area contributed by atoms with E-state index in [-0.39, 0.29) is 23.5 Å². The van der Waals surface area contributed by atoms with Gasteiger partial charge in [0, 0.05) is 11.1 Å². The lowest BCUT2D eigenvalue weighted by molar-refractivity contribution is 0.282. The standard InChI is InChI=1S/C28H21F3O2/c1-33-26-15-13-23(16-25(26)29)20-7-2-18(3-8-20)4-11-22-12-14-24(28(31)27(22)30)21-9-5-19(17-32)6-10-21/h2-16,32H,17H2,1H3/b11-4+. The van der Waals surface area contributed by atoms with E-state index in [1.807, 2.05) is 24.3 Å². The Hall–Kier alpha value is -3.83. The highest BCUT2D eigenvalue weighted by atomic mass is 19.2. The molecule has 0 radical (unpaired) electrons. The molecule has 4 rings (SSSR count). The maximum absolute atomic E-state index is 14.7. The van der Waals surface area contributed by atoms with Crippen LogP contribution in [0.15, 0.2) is 78.9 Å². The van der Waals surface area contributed by atoms with Crippen LogP contribution in [0.5, 0.6) is 5.75 Å². The molecule has 0 bridgehead atoms. The highest BCUT2D eigenvalue weighted by Gasteiger charge is 2.13. The van der Waals surface area contributed by atoms with Crippen LogP contribution in [0.25, 0.3) is 34.4 Å². The molecule has 4 aromatic carbocycles. The fraction of sp³-hybridized carbons (Fsp3) is 0.0714. The number of aliphatic hydroxyl groups excluding tert-OH is 1. The van der Waals surface area contributed by atoms with Gasteiger partial charge in [0.25, 0.3) is 0 Å². The summed E-state index contributed by atoms with van der Waals surface area (Å²) in [6.45, 7) is -0.112. The van der Waals surface area contributed by atoms with Gasteiger partial charge in [-0.25, -0.2) is 13.2 Å². The lowest BCUT2D eigenvalue weighted by Gasteiger charge is -2.08. The van der Waals surface area contributed by atoms with Crippen molar-refractivity contribution in [3.63, 3.8) is 0 Å². The van der Waals surface area contributed by atoms with Gasteiger partial charge in [-0.05, 0) is 39.9 Å². The summed E-state index contributed by atoms with van der Waals surface area (Å²) in [7, 11) is 1.41. The molecule has 2 nitrogen and oxygen atoms in total. The summed E-state index contributed by atoms with van der Waals surface area (Å²) in [4.78, 5) is 0. The van der Waals surface area contributed by atoms with Gasteiger partial charge in [0.1, 0.15) is 0 Å². The quantitative estimate of drug-likeness (QED) is 0.320. The minimum Gasteiger partial charge on any atom is -0.494 e. The van der Waals surface area contributed by atoms with Crippen molar-refractivity contribution in [2.24, 2.45) is 0 Å². The van der Waals surface area contributed by atoms with Gasteiger partial charge in [-0.15, -0.1) is 0 Å². The third-order valence-electron chi connectivity index (χ3n) is 5.41. The molecule has 0 atom stereocenters. The van der Waals surface area contributed by atoms with Crippen molar-refractivity contribution in [2.45, 2.75) is 6.61 Å². The molecule has 166 valence electrons. The topological polar surface area (TPSA) is 29.5 Å². The maximum Gasteiger partial charge on any atom is 0.167 e. The Labute approximate surface area is 190 Å². The number of halogens is 3. The van der Waals surface area contributed by atoms with E-state index in [0.29, 0.717) is 16.7 Å². The monoisotopic (exact) mass is 446 g/mol. The molecule has 33 heavy (non-hydrogen) atoms. The highest BCUT2D eigenvalue weighted by Crippen LogP contribution is 2.29. The van der Waals surface area contributed by atoms with Crippen molar-refractivity contribution < 1.29 is 23.0 Å². The third kappa shape index (κ3) is 4.83. The van der Waals surface area contributed by atoms with Crippen LogP contribution in [-0.2, 0) is 6.61 Å². The fourth-order valence-corrected chi connectivity index (χ4v) is 3.52. The number of methoxy groups -OCH3 is 1. The average Bonchev–Trinajstić information content (AvgIpc) is 2.85. The van der Waals surface area contributed by atoms with Crippen LogP contribution in [-0.4, -0.2) is 12.2 Å². The number of aliphatic hydroxyl groups is 1. The lowest BCUT2D eigenvalue weighted by atomic mass is 10.0. The van der Waals surface area contributed by atoms with E-state index in [2.05, 4.69) is 0 Å². The van der Waals surface area contributed by atoms with Crippen molar-refractivity contribution in [3.05, 3.63) is 113 Å². The van der Waals surface area contributed by atoms with Crippen molar-refractivity contribution in [2.75, 3.05) is 7.11 Å². The molecule has 0 aliphatic heterocycles. The summed E-state index contributed by atoms with van der Waals surface area (Å²) in [6.07, 6.45) is 3.20. The summed E-state index contributed by atoms with van der Waals surface area (Å²) in [5.74, 6) is -2.11. The molecular weight excluding hydrogens is 425 g/mol. The molecule has 0 spiro atoms. The number of rotatable bonds is 6. The van der Waals surface area contributed by atoms with E-state index in [0.717, 1.165) is 11.1 Å². The van der Waals surface area contributed by atoms with E-state index in [1.54, 1.807) is 42.5 Å². The van der Waals surface area contributed by atoms with Crippen LogP contribution < -0.4 is 4.74 Å². The van der Waals surface area contributed by atoms with Crippen LogP contribution >= 0.6 is 0 Å². The van der Waals surface area contributed by atoms with Crippen LogP contribution in [0.3, 0.4) is 0 Å². The van der Waals surface area contributed by atoms with Gasteiger partial charge in [-0.1, -0.05) is 78.9 Å². The van der Waals surface area contributed by atoms with E-state index in [4.69, 9.17) is 9.84 Å². The van der Waals surface area contributed by atoms with Crippen LogP contribution in [0.2, 0.25) is 0 Å². The normalized spacial score (nSPS) is 11.2. The molecule has 0 saturated heterocycles. The Morgan fingerprint density at radius 3 is 2.03 bits per heavy atom. The Kier molecular flexibility index (Phi) is 6.61. The van der Waals surface area contributed by atoms with Crippen molar-refractivity contribution in [3.8, 4) is 28.0 Å². The first kappa shape index (κ1) is 22.4. The van der Waals surface area contributed by atoms with Crippen LogP contribution in [0, 0.1) is 17.5 Å². The summed E-state index contributed by atoms with van der Waals surface area (Å²) in [6, 6.07) is 21.7. The minimum atomic E-state index is -0.930. The molecule has 0 amide bonds. The van der Waals surface area contributed by atoms with Crippen LogP contribution in [0.4, 0.5) is 13.2 Å². The Bertz CT molecular complexity index is 1290. The lowest BCUT2D eigenvalue weighted by Crippen LogP contribution is -1.94. The second-order valence-electron chi connectivity index (χ2n) is 7.49. The van der Waals surface area contributed by atoms with E-state index in [1.165, 1.54) is 31.4 Å². The molecule has 0 unspecified atom stereocenters. The van der Waals surface area contributed by atoms with Crippen molar-refractivity contribution in [1.29, 1.82) is 0 Å². The van der Waals surface area contributed by atoms with Crippen molar-refractivity contribution >= 4 is 12.2 Å². The average molecular weight is 446 g/mol. The predicted molar refractivity (Wildman–Crippen MR) is 125 cm³/mol. The van der Waals surface area contributed by atoms with Gasteiger partial charge >= 0.3 is 0 Å². The molecule has 0 aliphatic rings. The molecular formula is C28H21F3O2. The largest absolute Gasteiger partial charge is 0.494 e. The van der Waals surface area contributed by atoms with Crippen molar-refractivity contribution in [1.82, 2.24) is 0 Å². The second-order valence-corrected chi connectivity index (χ2v) is 7.49. The van der Waals surface area contributed by atoms with E-state index >= 15 is 0 Å². The Balaban J connectivity index is 1.54. The molecule has 1 N–H and O–H groups in total. The molecule has 0 aromatic heterocycles. The fourth-order valence-electron chi connectivity index (χ4n) is 3.52. The van der Waals surface area contributed by atoms with Gasteiger partial charge < -0.3 is 9.84 Å². The third-order valence-corrected chi connectivity index (χ3v) is 5.41. The van der Waals surface area contributed by atoms with Gasteiger partial charge in [0.2, 0.25) is 0 Å². The second kappa shape index (κ2) is 9.76. The summed E-state index contributed by atoms with van der Waals surface area (Å²) in [5.41, 5.74) is 3.83. The Morgan fingerprint density at radius 1 is 0.727 bits per heavy atom. The molecule has 0 saturated carbocycles. The predicted octanol–water partition coefficient (Wildman–Crippen LogP) is 7.11. The summed E-state index contributed by atoms with van der Waals surface area (Å²) >= 11 is 0. The maximum atomic E-state index is 14.7. The number of hydrogen-bond acceptors (Lipinski definition) is 2. The molecule has 0 fully saturated rings. The first-order valence-electron chi connectivity index (χ1n) is 10.3. The van der Waals surface area contributed by atoms with Gasteiger partial charge in [0.05, 0.1) is 13.7 Å². The zero-order valence-electron chi connectivity index (χ0n) is 17.9. The molecule has 5 heteroatoms. The zero-order chi connectivity index (χ0) is 23.4. The first-order chi connectivity index (χ1) is 16.0. The smallest absolute Gasteiger partial charge is 0.167 e. The van der Waals surface area contributed by atoms with Gasteiger partial charge in [-0.3, -0.25) is 0 Å². The minimum absolute atomic E-state index is 0.112. The van der Waals surface area contributed by atoms with E-state index in [9.17, 15) is 13.2 Å². The number of benzene rings is 4. The number of hydrogen-bond donors (Lipinski definition) is 1. The first-order valence-corrected chi connectivity index (χ1v) is 10.3. The Morgan fingerprint density at radius 2 is 1.39 bits per heavy atom. The summed E-state index contributed by atoms with van der Waals surface area (Å²) in [5, 5.41) is 9.13. The summed E-state index contributed by atoms with van der Waals surface area (Å²) < 4.78 is 48.2. The van der Waals surface area contributed by atoms with Gasteiger partial charge in [0.15, 0.2) is 23.2 Å². The van der Waals surface area contributed by atoms with Gasteiger partial charge in [-0.2, -0.15) is 0 Å². The molecule has 0 aliphatic carbocycles. The van der Waals surface area contributed by atoms with E-state index < -0.39 is 17.5 Å². The molecule has 4 aromatic rings. The highest BCUT2D eigenvalue weighted by molar-refractivity contribution is 5.74. The molecule has 0 heterocycles. The SMILES string of the molecule is COc1ccc(-c2ccc(/C=C/c3ccc(-c4ccc(CO)cc4)c(F)c3F)cc2)cc1F.